The first-order chi connectivity index (χ1) is 12.9. The molecule has 27 heavy (non-hydrogen) atoms. The lowest BCUT2D eigenvalue weighted by Gasteiger charge is -2.27. The Labute approximate surface area is 160 Å². The van der Waals surface area contributed by atoms with Gasteiger partial charge < -0.3 is 25.0 Å². The molecule has 0 aliphatic rings. The van der Waals surface area contributed by atoms with Crippen LogP contribution in [0, 0.1) is 0 Å². The largest absolute Gasteiger partial charge is 0.497 e. The maximum absolute atomic E-state index is 10.9. The predicted molar refractivity (Wildman–Crippen MR) is 106 cm³/mol. The molecular weight excluding hydrogens is 346 g/mol. The van der Waals surface area contributed by atoms with Gasteiger partial charge in [-0.1, -0.05) is 6.92 Å². The molecule has 0 amide bonds. The van der Waals surface area contributed by atoms with Crippen LogP contribution in [0.4, 0.5) is 0 Å². The third-order valence-corrected chi connectivity index (χ3v) is 4.59. The number of likely N-dealkylation sites (N-methyl/N-ethyl adjacent to an activating group) is 1. The SMILES string of the molecule is CCCN(CCN(C)CC(O)O)CC(O)c1ccnc2ccc(OC)cc12. The average Bonchev–Trinajstić information content (AvgIpc) is 2.64. The number of rotatable bonds is 11. The lowest BCUT2D eigenvalue weighted by Crippen LogP contribution is -2.38. The van der Waals surface area contributed by atoms with Gasteiger partial charge in [-0.05, 0) is 49.8 Å². The standard InChI is InChI=1S/C20H31N3O4/c1-4-9-23(11-10-22(2)14-20(25)26)13-19(24)16-7-8-21-18-6-5-15(27-3)12-17(16)18/h5-8,12,19-20,24-26H,4,9-11,13-14H2,1-3H3. The van der Waals surface area contributed by atoms with Crippen LogP contribution in [-0.2, 0) is 0 Å². The van der Waals surface area contributed by atoms with Crippen LogP contribution in [0.3, 0.4) is 0 Å². The van der Waals surface area contributed by atoms with Crippen molar-refractivity contribution in [2.45, 2.75) is 25.7 Å². The molecular formula is C20H31N3O4. The monoisotopic (exact) mass is 377 g/mol. The first-order valence-corrected chi connectivity index (χ1v) is 9.32. The van der Waals surface area contributed by atoms with Crippen molar-refractivity contribution in [1.82, 2.24) is 14.8 Å². The second-order valence-corrected chi connectivity index (χ2v) is 6.84. The van der Waals surface area contributed by atoms with Crippen LogP contribution in [0.25, 0.3) is 10.9 Å². The molecule has 0 spiro atoms. The minimum atomic E-state index is -1.33. The molecule has 150 valence electrons. The van der Waals surface area contributed by atoms with E-state index in [0.717, 1.165) is 41.7 Å². The van der Waals surface area contributed by atoms with Gasteiger partial charge in [-0.3, -0.25) is 9.88 Å². The second-order valence-electron chi connectivity index (χ2n) is 6.84. The molecule has 1 heterocycles. The Bertz CT molecular complexity index is 711. The zero-order valence-electron chi connectivity index (χ0n) is 16.4. The summed E-state index contributed by atoms with van der Waals surface area (Å²) in [5.41, 5.74) is 1.66. The summed E-state index contributed by atoms with van der Waals surface area (Å²) in [6.07, 6.45) is 0.707. The van der Waals surface area contributed by atoms with E-state index in [0.29, 0.717) is 13.1 Å². The van der Waals surface area contributed by atoms with Gasteiger partial charge in [-0.2, -0.15) is 0 Å². The Hall–Kier alpha value is -1.77. The molecule has 0 fully saturated rings. The number of ether oxygens (including phenoxy) is 1. The van der Waals surface area contributed by atoms with Crippen LogP contribution in [0.1, 0.15) is 25.0 Å². The second kappa shape index (κ2) is 10.5. The summed E-state index contributed by atoms with van der Waals surface area (Å²) >= 11 is 0. The van der Waals surface area contributed by atoms with Crippen molar-refractivity contribution in [2.75, 3.05) is 46.9 Å². The van der Waals surface area contributed by atoms with Crippen LogP contribution >= 0.6 is 0 Å². The fraction of sp³-hybridized carbons (Fsp3) is 0.550. The quantitative estimate of drug-likeness (QED) is 0.508. The van der Waals surface area contributed by atoms with E-state index in [-0.39, 0.29) is 6.54 Å². The minimum Gasteiger partial charge on any atom is -0.497 e. The van der Waals surface area contributed by atoms with Gasteiger partial charge in [-0.15, -0.1) is 0 Å². The summed E-state index contributed by atoms with van der Waals surface area (Å²) in [6, 6.07) is 7.51. The first kappa shape index (κ1) is 21.5. The normalized spacial score (nSPS) is 13.1. The number of nitrogens with zero attached hydrogens (tertiary/aromatic N) is 3. The summed E-state index contributed by atoms with van der Waals surface area (Å²) in [7, 11) is 3.47. The van der Waals surface area contributed by atoms with Crippen LogP contribution in [0.5, 0.6) is 5.75 Å². The Morgan fingerprint density at radius 2 is 1.85 bits per heavy atom. The predicted octanol–water partition coefficient (Wildman–Crippen LogP) is 1.23. The van der Waals surface area contributed by atoms with Gasteiger partial charge >= 0.3 is 0 Å². The molecule has 1 aromatic carbocycles. The van der Waals surface area contributed by atoms with Gasteiger partial charge in [0.05, 0.1) is 18.7 Å². The summed E-state index contributed by atoms with van der Waals surface area (Å²) in [5.74, 6) is 0.735. The summed E-state index contributed by atoms with van der Waals surface area (Å²) in [6.45, 7) is 5.10. The maximum Gasteiger partial charge on any atom is 0.164 e. The summed E-state index contributed by atoms with van der Waals surface area (Å²) in [4.78, 5) is 8.43. The molecule has 0 aliphatic heterocycles. The van der Waals surface area contributed by atoms with Crippen molar-refractivity contribution in [1.29, 1.82) is 0 Å². The zero-order chi connectivity index (χ0) is 19.8. The number of pyridine rings is 1. The highest BCUT2D eigenvalue weighted by Crippen LogP contribution is 2.27. The van der Waals surface area contributed by atoms with Crippen molar-refractivity contribution < 1.29 is 20.1 Å². The Morgan fingerprint density at radius 1 is 1.07 bits per heavy atom. The molecule has 0 radical (unpaired) electrons. The van der Waals surface area contributed by atoms with Gasteiger partial charge in [0.15, 0.2) is 6.29 Å². The Morgan fingerprint density at radius 3 is 2.52 bits per heavy atom. The lowest BCUT2D eigenvalue weighted by atomic mass is 10.0. The molecule has 0 aliphatic carbocycles. The van der Waals surface area contributed by atoms with Crippen LogP contribution < -0.4 is 4.74 Å². The smallest absolute Gasteiger partial charge is 0.164 e. The zero-order valence-corrected chi connectivity index (χ0v) is 16.4. The van der Waals surface area contributed by atoms with E-state index in [1.165, 1.54) is 0 Å². The molecule has 2 rings (SSSR count). The van der Waals surface area contributed by atoms with Crippen molar-refractivity contribution in [2.24, 2.45) is 0 Å². The van der Waals surface area contributed by atoms with E-state index in [1.54, 1.807) is 13.3 Å². The third-order valence-electron chi connectivity index (χ3n) is 4.59. The number of hydrogen-bond donors (Lipinski definition) is 3. The number of fused-ring (bicyclic) bond motifs is 1. The molecule has 7 heteroatoms. The molecule has 3 N–H and O–H groups in total. The third kappa shape index (κ3) is 6.41. The topological polar surface area (TPSA) is 89.3 Å². The molecule has 2 aromatic rings. The lowest BCUT2D eigenvalue weighted by molar-refractivity contribution is -0.0582. The highest BCUT2D eigenvalue weighted by atomic mass is 16.5. The van der Waals surface area contributed by atoms with Crippen molar-refractivity contribution in [3.63, 3.8) is 0 Å². The van der Waals surface area contributed by atoms with Gasteiger partial charge in [0, 0.05) is 37.8 Å². The highest BCUT2D eigenvalue weighted by molar-refractivity contribution is 5.83. The van der Waals surface area contributed by atoms with Crippen LogP contribution in [-0.4, -0.2) is 83.3 Å². The number of hydrogen-bond acceptors (Lipinski definition) is 7. The van der Waals surface area contributed by atoms with E-state index in [2.05, 4.69) is 16.8 Å². The van der Waals surface area contributed by atoms with E-state index < -0.39 is 12.4 Å². The number of methoxy groups -OCH3 is 1. The van der Waals surface area contributed by atoms with E-state index in [1.807, 2.05) is 36.2 Å². The molecule has 1 aromatic heterocycles. The molecule has 7 nitrogen and oxygen atoms in total. The Balaban J connectivity index is 2.10. The van der Waals surface area contributed by atoms with Crippen molar-refractivity contribution in [3.8, 4) is 5.75 Å². The molecule has 1 unspecified atom stereocenters. The molecule has 0 saturated carbocycles. The molecule has 0 saturated heterocycles. The number of aliphatic hydroxyl groups excluding tert-OH is 2. The van der Waals surface area contributed by atoms with E-state index >= 15 is 0 Å². The fourth-order valence-electron chi connectivity index (χ4n) is 3.20. The van der Waals surface area contributed by atoms with Gasteiger partial charge in [-0.25, -0.2) is 0 Å². The Kier molecular flexibility index (Phi) is 8.40. The number of aliphatic hydroxyl groups is 3. The number of aromatic nitrogens is 1. The molecule has 0 bridgehead atoms. The van der Waals surface area contributed by atoms with Crippen LogP contribution in [0.2, 0.25) is 0 Å². The average molecular weight is 377 g/mol. The van der Waals surface area contributed by atoms with Gasteiger partial charge in [0.2, 0.25) is 0 Å². The number of benzene rings is 1. The van der Waals surface area contributed by atoms with Gasteiger partial charge in [0.1, 0.15) is 5.75 Å². The molecule has 1 atom stereocenters. The van der Waals surface area contributed by atoms with Crippen LogP contribution in [0.15, 0.2) is 30.5 Å². The van der Waals surface area contributed by atoms with E-state index in [4.69, 9.17) is 14.9 Å². The van der Waals surface area contributed by atoms with Crippen molar-refractivity contribution >= 4 is 10.9 Å². The first-order valence-electron chi connectivity index (χ1n) is 9.32. The van der Waals surface area contributed by atoms with Gasteiger partial charge in [0.25, 0.3) is 0 Å². The summed E-state index contributed by atoms with van der Waals surface area (Å²) in [5, 5.41) is 29.9. The maximum atomic E-state index is 10.9. The van der Waals surface area contributed by atoms with Crippen molar-refractivity contribution in [3.05, 3.63) is 36.0 Å². The summed E-state index contributed by atoms with van der Waals surface area (Å²) < 4.78 is 5.31. The highest BCUT2D eigenvalue weighted by Gasteiger charge is 2.17. The fourth-order valence-corrected chi connectivity index (χ4v) is 3.20. The van der Waals surface area contributed by atoms with E-state index in [9.17, 15) is 5.11 Å². The minimum absolute atomic E-state index is 0.206.